The molecule has 0 spiro atoms. The van der Waals surface area contributed by atoms with Crippen molar-refractivity contribution in [3.63, 3.8) is 0 Å². The molecule has 27 heavy (non-hydrogen) atoms. The fourth-order valence-corrected chi connectivity index (χ4v) is 4.19. The van der Waals surface area contributed by atoms with E-state index < -0.39 is 0 Å². The molecule has 0 radical (unpaired) electrons. The molecule has 2 aromatic heterocycles. The van der Waals surface area contributed by atoms with Gasteiger partial charge >= 0.3 is 0 Å². The molecule has 0 bridgehead atoms. The summed E-state index contributed by atoms with van der Waals surface area (Å²) in [6, 6.07) is 11.1. The summed E-state index contributed by atoms with van der Waals surface area (Å²) in [4.78, 5) is 11.2. The number of aromatic hydroxyl groups is 1. The van der Waals surface area contributed by atoms with Crippen LogP contribution < -0.4 is 0 Å². The second kappa shape index (κ2) is 7.43. The lowest BCUT2D eigenvalue weighted by Crippen LogP contribution is -2.47. The second-order valence-corrected chi connectivity index (χ2v) is 7.47. The zero-order valence-corrected chi connectivity index (χ0v) is 16.1. The summed E-state index contributed by atoms with van der Waals surface area (Å²) in [5.41, 5.74) is 2.09. The molecule has 1 aliphatic heterocycles. The summed E-state index contributed by atoms with van der Waals surface area (Å²) in [6.07, 6.45) is 3.62. The topological polar surface area (TPSA) is 58.5 Å². The first-order chi connectivity index (χ1) is 13.0. The highest BCUT2D eigenvalue weighted by Crippen LogP contribution is 2.41. The van der Waals surface area contributed by atoms with Gasteiger partial charge in [0.2, 0.25) is 0 Å². The average Bonchev–Trinajstić information content (AvgIpc) is 2.66. The van der Waals surface area contributed by atoms with Crippen LogP contribution in [0, 0.1) is 0 Å². The highest BCUT2D eigenvalue weighted by atomic mass is 35.5. The maximum Gasteiger partial charge on any atom is 0.147 e. The van der Waals surface area contributed by atoms with Crippen molar-refractivity contribution < 1.29 is 9.84 Å². The van der Waals surface area contributed by atoms with Crippen LogP contribution in [-0.4, -0.2) is 45.3 Å². The summed E-state index contributed by atoms with van der Waals surface area (Å²) in [6.45, 7) is 5.60. The Labute approximate surface area is 163 Å². The minimum atomic E-state index is -0.232. The van der Waals surface area contributed by atoms with Crippen molar-refractivity contribution in [2.75, 3.05) is 13.1 Å². The van der Waals surface area contributed by atoms with E-state index in [1.807, 2.05) is 36.4 Å². The molecule has 1 N–H and O–H groups in total. The number of phenols is 1. The highest BCUT2D eigenvalue weighted by molar-refractivity contribution is 6.35. The van der Waals surface area contributed by atoms with Crippen molar-refractivity contribution >= 4 is 22.5 Å². The Bertz CT molecular complexity index is 941. The van der Waals surface area contributed by atoms with Crippen molar-refractivity contribution in [3.05, 3.63) is 65.1 Å². The van der Waals surface area contributed by atoms with E-state index in [4.69, 9.17) is 16.3 Å². The van der Waals surface area contributed by atoms with E-state index >= 15 is 0 Å². The fourth-order valence-electron chi connectivity index (χ4n) is 3.92. The molecule has 5 nitrogen and oxygen atoms in total. The number of hydrogen-bond acceptors (Lipinski definition) is 5. The van der Waals surface area contributed by atoms with Gasteiger partial charge < -0.3 is 9.84 Å². The van der Waals surface area contributed by atoms with Gasteiger partial charge in [-0.25, -0.2) is 0 Å². The number of nitrogens with zero attached hydrogens (tertiary/aromatic N) is 3. The highest BCUT2D eigenvalue weighted by Gasteiger charge is 2.33. The van der Waals surface area contributed by atoms with Crippen molar-refractivity contribution in [2.24, 2.45) is 0 Å². The fraction of sp³-hybridized carbons (Fsp3) is 0.333. The Morgan fingerprint density at radius 2 is 1.85 bits per heavy atom. The van der Waals surface area contributed by atoms with Crippen molar-refractivity contribution in [1.29, 1.82) is 0 Å². The molecule has 3 heterocycles. The lowest BCUT2D eigenvalue weighted by Gasteiger charge is -2.40. The van der Waals surface area contributed by atoms with Crippen molar-refractivity contribution in [1.82, 2.24) is 14.9 Å². The molecular weight excluding hydrogens is 362 g/mol. The van der Waals surface area contributed by atoms with Crippen molar-refractivity contribution in [3.8, 4) is 5.75 Å². The van der Waals surface area contributed by atoms with E-state index in [0.29, 0.717) is 16.1 Å². The van der Waals surface area contributed by atoms with Crippen LogP contribution in [0.3, 0.4) is 0 Å². The maximum atomic E-state index is 11.1. The summed E-state index contributed by atoms with van der Waals surface area (Å²) in [5, 5.41) is 12.4. The number of rotatable bonds is 3. The molecule has 3 aromatic rings. The Morgan fingerprint density at radius 1 is 1.11 bits per heavy atom. The van der Waals surface area contributed by atoms with Crippen LogP contribution in [-0.2, 0) is 4.74 Å². The number of fused-ring (bicyclic) bond motifs is 1. The maximum absolute atomic E-state index is 11.1. The van der Waals surface area contributed by atoms with Crippen LogP contribution in [0.2, 0.25) is 5.02 Å². The quantitative estimate of drug-likeness (QED) is 0.735. The number of benzene rings is 1. The Kier molecular flexibility index (Phi) is 5.00. The van der Waals surface area contributed by atoms with E-state index in [-0.39, 0.29) is 24.0 Å². The van der Waals surface area contributed by atoms with Crippen molar-refractivity contribution in [2.45, 2.75) is 32.1 Å². The summed E-state index contributed by atoms with van der Waals surface area (Å²) >= 11 is 6.55. The molecule has 4 rings (SSSR count). The van der Waals surface area contributed by atoms with Gasteiger partial charge in [-0.3, -0.25) is 14.9 Å². The van der Waals surface area contributed by atoms with Crippen LogP contribution in [0.25, 0.3) is 10.9 Å². The molecule has 0 unspecified atom stereocenters. The lowest BCUT2D eigenvalue weighted by molar-refractivity contribution is -0.0770. The zero-order valence-electron chi connectivity index (χ0n) is 15.3. The third-order valence-electron chi connectivity index (χ3n) is 4.92. The number of aromatic nitrogens is 2. The van der Waals surface area contributed by atoms with Gasteiger partial charge in [-0.1, -0.05) is 17.7 Å². The van der Waals surface area contributed by atoms with E-state index in [1.54, 1.807) is 12.4 Å². The number of morpholine rings is 1. The van der Waals surface area contributed by atoms with Gasteiger partial charge in [-0.2, -0.15) is 0 Å². The molecule has 140 valence electrons. The SMILES string of the molecule is C[C@@H]1CN([C@H](c2ccccn2)c2cc(Cl)c3cccnc3c2O)C[C@@H](C)O1. The first kappa shape index (κ1) is 18.2. The van der Waals surface area contributed by atoms with Crippen LogP contribution in [0.15, 0.2) is 48.8 Å². The summed E-state index contributed by atoms with van der Waals surface area (Å²) in [7, 11) is 0. The molecule has 3 atom stereocenters. The monoisotopic (exact) mass is 383 g/mol. The zero-order chi connectivity index (χ0) is 19.0. The van der Waals surface area contributed by atoms with Gasteiger partial charge in [-0.05, 0) is 44.2 Å². The standard InChI is InChI=1S/C21H22ClN3O2/c1-13-11-25(12-14(2)27-13)20(18-7-3-4-8-23-18)16-10-17(22)15-6-5-9-24-19(15)21(16)26/h3-10,13-14,20,26H,11-12H2,1-2H3/t13-,14-,20+/m1/s1. The van der Waals surface area contributed by atoms with Crippen LogP contribution in [0.1, 0.15) is 31.1 Å². The predicted molar refractivity (Wildman–Crippen MR) is 106 cm³/mol. The van der Waals surface area contributed by atoms with Crippen LogP contribution in [0.5, 0.6) is 5.75 Å². The first-order valence-corrected chi connectivity index (χ1v) is 9.49. The minimum absolute atomic E-state index is 0.0937. The summed E-state index contributed by atoms with van der Waals surface area (Å²) in [5.74, 6) is 0.150. The summed E-state index contributed by atoms with van der Waals surface area (Å²) < 4.78 is 5.90. The first-order valence-electron chi connectivity index (χ1n) is 9.11. The van der Waals surface area contributed by atoms with Gasteiger partial charge in [-0.15, -0.1) is 0 Å². The Balaban J connectivity index is 1.89. The average molecular weight is 384 g/mol. The number of phenolic OH excluding ortho intramolecular Hbond substituents is 1. The van der Waals surface area contributed by atoms with Crippen LogP contribution in [0.4, 0.5) is 0 Å². The van der Waals surface area contributed by atoms with Gasteiger partial charge in [0.15, 0.2) is 0 Å². The van der Waals surface area contributed by atoms with E-state index in [1.165, 1.54) is 0 Å². The van der Waals surface area contributed by atoms with E-state index in [2.05, 4.69) is 28.7 Å². The molecule has 6 heteroatoms. The van der Waals surface area contributed by atoms with E-state index in [0.717, 1.165) is 24.2 Å². The molecule has 1 fully saturated rings. The number of halogens is 1. The molecule has 1 saturated heterocycles. The Morgan fingerprint density at radius 3 is 2.56 bits per heavy atom. The third kappa shape index (κ3) is 3.50. The molecular formula is C21H22ClN3O2. The molecule has 0 aliphatic carbocycles. The lowest BCUT2D eigenvalue weighted by atomic mass is 9.96. The van der Waals surface area contributed by atoms with Gasteiger partial charge in [0.25, 0.3) is 0 Å². The largest absolute Gasteiger partial charge is 0.505 e. The number of pyridine rings is 2. The van der Waals surface area contributed by atoms with Gasteiger partial charge in [0.1, 0.15) is 11.3 Å². The van der Waals surface area contributed by atoms with Crippen LogP contribution >= 0.6 is 11.6 Å². The smallest absolute Gasteiger partial charge is 0.147 e. The van der Waals surface area contributed by atoms with E-state index in [9.17, 15) is 5.11 Å². The normalized spacial score (nSPS) is 22.0. The predicted octanol–water partition coefficient (Wildman–Crippen LogP) is 4.19. The number of hydrogen-bond donors (Lipinski definition) is 1. The van der Waals surface area contributed by atoms with Gasteiger partial charge in [0.05, 0.1) is 29.0 Å². The number of ether oxygens (including phenoxy) is 1. The molecule has 1 aromatic carbocycles. The minimum Gasteiger partial charge on any atom is -0.505 e. The molecule has 0 amide bonds. The molecule has 0 saturated carbocycles. The van der Waals surface area contributed by atoms with Gasteiger partial charge in [0, 0.05) is 36.4 Å². The third-order valence-corrected chi connectivity index (χ3v) is 5.23. The second-order valence-electron chi connectivity index (χ2n) is 7.06. The Hall–Kier alpha value is -2.21. The molecule has 1 aliphatic rings.